The van der Waals surface area contributed by atoms with E-state index in [0.717, 1.165) is 17.3 Å². The number of rotatable bonds is 8. The molecule has 2 amide bonds. The van der Waals surface area contributed by atoms with Crippen molar-refractivity contribution in [2.75, 3.05) is 17.2 Å². The second-order valence-corrected chi connectivity index (χ2v) is 7.44. The predicted octanol–water partition coefficient (Wildman–Crippen LogP) is 5.47. The Bertz CT molecular complexity index is 806. The second-order valence-electron chi connectivity index (χ2n) is 6.52. The number of hydrogen-bond acceptors (Lipinski definition) is 3. The molecule has 2 aromatic carbocycles. The fraction of sp³-hybridized carbons (Fsp3) is 0.333. The van der Waals surface area contributed by atoms with Crippen molar-refractivity contribution >= 4 is 39.1 Å². The molecule has 0 unspecified atom stereocenters. The molecular formula is C21H25BrN2O3. The fourth-order valence-corrected chi connectivity index (χ4v) is 2.65. The van der Waals surface area contributed by atoms with E-state index in [1.165, 1.54) is 0 Å². The number of carbonyl (C=O) groups excluding carboxylic acids is 2. The first kappa shape index (κ1) is 21.0. The van der Waals surface area contributed by atoms with E-state index >= 15 is 0 Å². The van der Waals surface area contributed by atoms with Crippen molar-refractivity contribution in [3.63, 3.8) is 0 Å². The maximum Gasteiger partial charge on any atom is 0.259 e. The Hall–Kier alpha value is -2.34. The van der Waals surface area contributed by atoms with Crippen LogP contribution in [0.1, 0.15) is 44.0 Å². The molecule has 0 aliphatic rings. The number of ether oxygens (including phenoxy) is 1. The first-order valence-electron chi connectivity index (χ1n) is 9.05. The number of anilines is 2. The van der Waals surface area contributed by atoms with Gasteiger partial charge in [0.1, 0.15) is 5.75 Å². The zero-order valence-electron chi connectivity index (χ0n) is 15.8. The second kappa shape index (κ2) is 10.1. The Morgan fingerprint density at radius 2 is 1.78 bits per heavy atom. The van der Waals surface area contributed by atoms with Crippen LogP contribution in [0.2, 0.25) is 0 Å². The van der Waals surface area contributed by atoms with Crippen LogP contribution in [0.3, 0.4) is 0 Å². The van der Waals surface area contributed by atoms with Gasteiger partial charge >= 0.3 is 0 Å². The van der Waals surface area contributed by atoms with E-state index in [1.807, 2.05) is 19.9 Å². The van der Waals surface area contributed by atoms with Gasteiger partial charge in [-0.25, -0.2) is 0 Å². The molecule has 0 saturated carbocycles. The van der Waals surface area contributed by atoms with Crippen LogP contribution in [0, 0.1) is 5.92 Å². The first-order chi connectivity index (χ1) is 12.9. The lowest BCUT2D eigenvalue weighted by Crippen LogP contribution is -2.18. The molecule has 0 spiro atoms. The lowest BCUT2D eigenvalue weighted by Gasteiger charge is -2.13. The van der Waals surface area contributed by atoms with Gasteiger partial charge in [0.05, 0.1) is 12.2 Å². The topological polar surface area (TPSA) is 67.4 Å². The number of benzene rings is 2. The maximum atomic E-state index is 12.8. The molecule has 0 saturated heterocycles. The lowest BCUT2D eigenvalue weighted by molar-refractivity contribution is -0.118. The lowest BCUT2D eigenvalue weighted by atomic mass is 10.1. The van der Waals surface area contributed by atoms with E-state index in [9.17, 15) is 9.59 Å². The van der Waals surface area contributed by atoms with Crippen molar-refractivity contribution in [3.8, 4) is 5.75 Å². The van der Waals surface area contributed by atoms with Crippen molar-refractivity contribution in [1.29, 1.82) is 0 Å². The minimum atomic E-state index is -0.268. The van der Waals surface area contributed by atoms with E-state index in [4.69, 9.17) is 4.74 Å². The Balaban J connectivity index is 2.15. The highest BCUT2D eigenvalue weighted by molar-refractivity contribution is 9.10. The monoisotopic (exact) mass is 432 g/mol. The molecule has 0 aliphatic heterocycles. The zero-order valence-corrected chi connectivity index (χ0v) is 17.4. The van der Waals surface area contributed by atoms with Gasteiger partial charge in [0, 0.05) is 21.8 Å². The zero-order chi connectivity index (χ0) is 19.8. The molecule has 0 heterocycles. The van der Waals surface area contributed by atoms with Crippen LogP contribution >= 0.6 is 15.9 Å². The van der Waals surface area contributed by atoms with Crippen LogP contribution in [0.5, 0.6) is 5.75 Å². The van der Waals surface area contributed by atoms with Crippen LogP contribution < -0.4 is 15.4 Å². The average Bonchev–Trinajstić information content (AvgIpc) is 2.63. The van der Waals surface area contributed by atoms with Gasteiger partial charge in [0.15, 0.2) is 0 Å². The summed E-state index contributed by atoms with van der Waals surface area (Å²) in [6, 6.07) is 12.4. The summed E-state index contributed by atoms with van der Waals surface area (Å²) in [7, 11) is 0. The highest BCUT2D eigenvalue weighted by Gasteiger charge is 2.14. The van der Waals surface area contributed by atoms with Crippen LogP contribution in [-0.4, -0.2) is 18.4 Å². The molecule has 5 nitrogen and oxygen atoms in total. The molecular weight excluding hydrogens is 408 g/mol. The number of amides is 2. The van der Waals surface area contributed by atoms with Gasteiger partial charge in [-0.3, -0.25) is 9.59 Å². The molecule has 27 heavy (non-hydrogen) atoms. The molecule has 0 radical (unpaired) electrons. The molecule has 0 aliphatic carbocycles. The maximum absolute atomic E-state index is 12.8. The SMILES string of the molecule is CCCCOc1ccc(Br)cc1C(=O)Nc1cccc(NC(=O)C(C)C)c1. The summed E-state index contributed by atoms with van der Waals surface area (Å²) in [6.07, 6.45) is 1.95. The number of halogens is 1. The van der Waals surface area contributed by atoms with Gasteiger partial charge in [-0.15, -0.1) is 0 Å². The quantitative estimate of drug-likeness (QED) is 0.542. The van der Waals surface area contributed by atoms with Gasteiger partial charge in [0.25, 0.3) is 5.91 Å². The summed E-state index contributed by atoms with van der Waals surface area (Å²) in [5.74, 6) is 0.0911. The van der Waals surface area contributed by atoms with E-state index in [-0.39, 0.29) is 17.7 Å². The summed E-state index contributed by atoms with van der Waals surface area (Å²) in [5, 5.41) is 5.70. The third-order valence-electron chi connectivity index (χ3n) is 3.85. The van der Waals surface area contributed by atoms with Gasteiger partial charge in [-0.2, -0.15) is 0 Å². The molecule has 2 N–H and O–H groups in total. The minimum Gasteiger partial charge on any atom is -0.493 e. The molecule has 144 valence electrons. The van der Waals surface area contributed by atoms with Gasteiger partial charge < -0.3 is 15.4 Å². The Labute approximate surface area is 168 Å². The molecule has 2 rings (SSSR count). The molecule has 0 aromatic heterocycles. The summed E-state index contributed by atoms with van der Waals surface area (Å²) >= 11 is 3.40. The largest absolute Gasteiger partial charge is 0.493 e. The van der Waals surface area contributed by atoms with Crippen molar-refractivity contribution in [3.05, 3.63) is 52.5 Å². The van der Waals surface area contributed by atoms with Crippen molar-refractivity contribution in [2.45, 2.75) is 33.6 Å². The van der Waals surface area contributed by atoms with Gasteiger partial charge in [-0.05, 0) is 42.8 Å². The summed E-state index contributed by atoms with van der Waals surface area (Å²) in [5.41, 5.74) is 1.69. The Morgan fingerprint density at radius 3 is 2.44 bits per heavy atom. The third-order valence-corrected chi connectivity index (χ3v) is 4.35. The van der Waals surface area contributed by atoms with E-state index in [1.54, 1.807) is 36.4 Å². The van der Waals surface area contributed by atoms with Crippen molar-refractivity contribution in [1.82, 2.24) is 0 Å². The summed E-state index contributed by atoms with van der Waals surface area (Å²) in [4.78, 5) is 24.6. The average molecular weight is 433 g/mol. The minimum absolute atomic E-state index is 0.0722. The van der Waals surface area contributed by atoms with Crippen molar-refractivity contribution < 1.29 is 14.3 Å². The van der Waals surface area contributed by atoms with Crippen LogP contribution in [0.25, 0.3) is 0 Å². The molecule has 0 bridgehead atoms. The molecule has 0 fully saturated rings. The number of carbonyl (C=O) groups is 2. The Morgan fingerprint density at radius 1 is 1.07 bits per heavy atom. The molecule has 6 heteroatoms. The van der Waals surface area contributed by atoms with Gasteiger partial charge in [0.2, 0.25) is 5.91 Å². The molecule has 2 aromatic rings. The highest BCUT2D eigenvalue weighted by atomic mass is 79.9. The summed E-state index contributed by atoms with van der Waals surface area (Å²) in [6.45, 7) is 6.31. The molecule has 0 atom stereocenters. The van der Waals surface area contributed by atoms with Gasteiger partial charge in [-0.1, -0.05) is 49.2 Å². The predicted molar refractivity (Wildman–Crippen MR) is 112 cm³/mol. The smallest absolute Gasteiger partial charge is 0.259 e. The first-order valence-corrected chi connectivity index (χ1v) is 9.84. The van der Waals surface area contributed by atoms with Crippen LogP contribution in [-0.2, 0) is 4.79 Å². The van der Waals surface area contributed by atoms with Crippen LogP contribution in [0.4, 0.5) is 11.4 Å². The Kier molecular flexibility index (Phi) is 7.85. The summed E-state index contributed by atoms with van der Waals surface area (Å²) < 4.78 is 6.55. The van der Waals surface area contributed by atoms with Crippen LogP contribution in [0.15, 0.2) is 46.9 Å². The number of unbranched alkanes of at least 4 members (excludes halogenated alkanes) is 1. The van der Waals surface area contributed by atoms with E-state index in [0.29, 0.717) is 29.3 Å². The third kappa shape index (κ3) is 6.40. The standard InChI is InChI=1S/C21H25BrN2O3/c1-4-5-11-27-19-10-9-15(22)12-18(19)21(26)24-17-8-6-7-16(13-17)23-20(25)14(2)3/h6-10,12-14H,4-5,11H2,1-3H3,(H,23,25)(H,24,26). The highest BCUT2D eigenvalue weighted by Crippen LogP contribution is 2.25. The van der Waals surface area contributed by atoms with E-state index < -0.39 is 0 Å². The number of nitrogens with one attached hydrogen (secondary N) is 2. The number of hydrogen-bond donors (Lipinski definition) is 2. The van der Waals surface area contributed by atoms with E-state index in [2.05, 4.69) is 33.5 Å². The van der Waals surface area contributed by atoms with Crippen molar-refractivity contribution in [2.24, 2.45) is 5.92 Å². The fourth-order valence-electron chi connectivity index (χ4n) is 2.29. The normalized spacial score (nSPS) is 10.6.